The van der Waals surface area contributed by atoms with Gasteiger partial charge in [-0.1, -0.05) is 0 Å². The van der Waals surface area contributed by atoms with Gasteiger partial charge in [0.05, 0.1) is 19.2 Å². The van der Waals surface area contributed by atoms with Crippen molar-refractivity contribution in [2.24, 2.45) is 18.7 Å². The number of hydrogen-bond acceptors (Lipinski definition) is 5. The van der Waals surface area contributed by atoms with E-state index in [1.165, 1.54) is 23.7 Å². The van der Waals surface area contributed by atoms with Gasteiger partial charge in [0.2, 0.25) is 0 Å². The maximum atomic E-state index is 12.2. The summed E-state index contributed by atoms with van der Waals surface area (Å²) in [6.07, 6.45) is 0.901. The van der Waals surface area contributed by atoms with E-state index in [4.69, 9.17) is 10.5 Å². The van der Waals surface area contributed by atoms with Crippen LogP contribution in [-0.4, -0.2) is 40.2 Å². The second kappa shape index (κ2) is 4.57. The highest BCUT2D eigenvalue weighted by atomic mass is 16.6. The third kappa shape index (κ3) is 1.80. The molecule has 3 rings (SSSR count). The first kappa shape index (κ1) is 13.1. The van der Waals surface area contributed by atoms with Gasteiger partial charge in [0.1, 0.15) is 0 Å². The minimum atomic E-state index is -0.526. The van der Waals surface area contributed by atoms with Gasteiger partial charge in [-0.15, -0.1) is 0 Å². The first-order chi connectivity index (χ1) is 9.50. The monoisotopic (exact) mass is 280 g/mol. The quantitative estimate of drug-likeness (QED) is 0.587. The zero-order valence-corrected chi connectivity index (χ0v) is 11.0. The Hall–Kier alpha value is -1.93. The van der Waals surface area contributed by atoms with Crippen molar-refractivity contribution in [1.29, 1.82) is 0 Å². The van der Waals surface area contributed by atoms with E-state index in [2.05, 4.69) is 5.32 Å². The number of nitro groups is 1. The van der Waals surface area contributed by atoms with Crippen LogP contribution in [0.3, 0.4) is 0 Å². The summed E-state index contributed by atoms with van der Waals surface area (Å²) >= 11 is 0. The van der Waals surface area contributed by atoms with Crippen LogP contribution in [0.5, 0.6) is 0 Å². The lowest BCUT2D eigenvalue weighted by molar-refractivity contribution is -0.391. The highest BCUT2D eigenvalue weighted by molar-refractivity contribution is 5.93. The summed E-state index contributed by atoms with van der Waals surface area (Å²) in [5.74, 6) is -0.180. The Bertz CT molecular complexity index is 570. The van der Waals surface area contributed by atoms with E-state index in [-0.39, 0.29) is 35.6 Å². The van der Waals surface area contributed by atoms with E-state index in [1.807, 2.05) is 0 Å². The molecule has 1 saturated carbocycles. The van der Waals surface area contributed by atoms with Crippen LogP contribution in [0.25, 0.3) is 0 Å². The lowest BCUT2D eigenvalue weighted by Gasteiger charge is -2.45. The van der Waals surface area contributed by atoms with E-state index in [0.29, 0.717) is 12.5 Å². The Balaban J connectivity index is 1.72. The molecule has 8 nitrogen and oxygen atoms in total. The summed E-state index contributed by atoms with van der Waals surface area (Å²) in [6.45, 7) is 0.672. The molecule has 0 aromatic carbocycles. The Morgan fingerprint density at radius 1 is 1.60 bits per heavy atom. The average Bonchev–Trinajstić information content (AvgIpc) is 2.99. The summed E-state index contributed by atoms with van der Waals surface area (Å²) in [7, 11) is 1.49. The normalized spacial score (nSPS) is 31.5. The molecular weight excluding hydrogens is 264 g/mol. The van der Waals surface area contributed by atoms with E-state index >= 15 is 0 Å². The maximum absolute atomic E-state index is 12.2. The number of nitrogens with two attached hydrogens (primary N) is 1. The molecule has 2 aliphatic rings. The van der Waals surface area contributed by atoms with Crippen molar-refractivity contribution >= 4 is 11.7 Å². The fraction of sp³-hybridized carbons (Fsp3) is 0.583. The number of carbonyl (C=O) groups is 1. The van der Waals surface area contributed by atoms with Crippen LogP contribution in [0.2, 0.25) is 0 Å². The summed E-state index contributed by atoms with van der Waals surface area (Å²) in [5.41, 5.74) is 6.26. The average molecular weight is 280 g/mol. The summed E-state index contributed by atoms with van der Waals surface area (Å²) < 4.78 is 6.79. The van der Waals surface area contributed by atoms with Gasteiger partial charge in [0.25, 0.3) is 5.91 Å². The van der Waals surface area contributed by atoms with Crippen LogP contribution >= 0.6 is 0 Å². The highest BCUT2D eigenvalue weighted by Gasteiger charge is 2.53. The number of aromatic nitrogens is 1. The number of fused-ring (bicyclic) bond motifs is 1. The number of amides is 1. The third-order valence-electron chi connectivity index (χ3n) is 4.26. The molecule has 4 unspecified atom stereocenters. The van der Waals surface area contributed by atoms with Crippen LogP contribution < -0.4 is 11.1 Å². The first-order valence-electron chi connectivity index (χ1n) is 6.49. The second-order valence-corrected chi connectivity index (χ2v) is 5.26. The minimum absolute atomic E-state index is 0.0239. The Morgan fingerprint density at radius 3 is 3.00 bits per heavy atom. The van der Waals surface area contributed by atoms with Crippen LogP contribution in [0.15, 0.2) is 12.1 Å². The molecule has 1 aromatic heterocycles. The molecule has 1 aromatic rings. The number of carbonyl (C=O) groups excluding carboxylic acids is 1. The zero-order chi connectivity index (χ0) is 14.4. The molecule has 0 bridgehead atoms. The van der Waals surface area contributed by atoms with Crippen LogP contribution in [0, 0.1) is 16.0 Å². The summed E-state index contributed by atoms with van der Waals surface area (Å²) in [5, 5.41) is 13.6. The Morgan fingerprint density at radius 2 is 2.35 bits per heavy atom. The number of nitrogens with one attached hydrogen (secondary N) is 1. The molecule has 108 valence electrons. The van der Waals surface area contributed by atoms with Crippen molar-refractivity contribution in [2.75, 3.05) is 6.61 Å². The third-order valence-corrected chi connectivity index (χ3v) is 4.26. The standard InChI is InChI=1S/C12H16N4O4/c1-15-7(2-3-8(15)16(18)19)12(17)14-10-9(13)6-4-5-20-11(6)10/h2-3,6,9-11H,4-5,13H2,1H3,(H,14,17). The van der Waals surface area contributed by atoms with Crippen molar-refractivity contribution < 1.29 is 14.5 Å². The molecule has 1 aliphatic heterocycles. The highest BCUT2D eigenvalue weighted by Crippen LogP contribution is 2.37. The van der Waals surface area contributed by atoms with Crippen LogP contribution in [0.4, 0.5) is 5.82 Å². The molecule has 3 N–H and O–H groups in total. The van der Waals surface area contributed by atoms with Crippen molar-refractivity contribution in [3.63, 3.8) is 0 Å². The van der Waals surface area contributed by atoms with E-state index in [1.54, 1.807) is 0 Å². The van der Waals surface area contributed by atoms with Gasteiger partial charge in [0.15, 0.2) is 5.69 Å². The van der Waals surface area contributed by atoms with Crippen LogP contribution in [-0.2, 0) is 11.8 Å². The SMILES string of the molecule is Cn1c(C(=O)NC2C(N)C3CCOC32)ccc1[N+](=O)[O-]. The first-order valence-corrected chi connectivity index (χ1v) is 6.49. The van der Waals surface area contributed by atoms with Crippen molar-refractivity contribution in [1.82, 2.24) is 9.88 Å². The molecule has 4 atom stereocenters. The largest absolute Gasteiger partial charge is 0.376 e. The Labute approximate surface area is 115 Å². The van der Waals surface area contributed by atoms with Gasteiger partial charge in [0, 0.05) is 24.6 Å². The van der Waals surface area contributed by atoms with Crippen molar-refractivity contribution in [3.8, 4) is 0 Å². The molecule has 20 heavy (non-hydrogen) atoms. The van der Waals surface area contributed by atoms with Gasteiger partial charge in [-0.2, -0.15) is 0 Å². The molecule has 0 radical (unpaired) electrons. The summed E-state index contributed by atoms with van der Waals surface area (Å²) in [4.78, 5) is 22.4. The predicted molar refractivity (Wildman–Crippen MR) is 69.1 cm³/mol. The molecular formula is C12H16N4O4. The molecule has 2 heterocycles. The Kier molecular flexibility index (Phi) is 2.98. The molecule has 2 fully saturated rings. The van der Waals surface area contributed by atoms with Crippen molar-refractivity contribution in [2.45, 2.75) is 24.6 Å². The lowest BCUT2D eigenvalue weighted by atomic mass is 9.72. The van der Waals surface area contributed by atoms with E-state index < -0.39 is 4.92 Å². The van der Waals surface area contributed by atoms with E-state index in [9.17, 15) is 14.9 Å². The van der Waals surface area contributed by atoms with Crippen molar-refractivity contribution in [3.05, 3.63) is 27.9 Å². The van der Waals surface area contributed by atoms with Gasteiger partial charge in [-0.05, 0) is 17.4 Å². The molecule has 1 aliphatic carbocycles. The summed E-state index contributed by atoms with van der Waals surface area (Å²) in [6, 6.07) is 2.42. The smallest absolute Gasteiger partial charge is 0.323 e. The topological polar surface area (TPSA) is 112 Å². The van der Waals surface area contributed by atoms with Crippen LogP contribution in [0.1, 0.15) is 16.9 Å². The number of rotatable bonds is 3. The molecule has 1 amide bonds. The zero-order valence-electron chi connectivity index (χ0n) is 11.0. The molecule has 1 saturated heterocycles. The molecule has 8 heteroatoms. The second-order valence-electron chi connectivity index (χ2n) is 5.26. The predicted octanol–water partition coefficient (Wildman–Crippen LogP) is -0.222. The minimum Gasteiger partial charge on any atom is -0.376 e. The maximum Gasteiger partial charge on any atom is 0.323 e. The lowest BCUT2D eigenvalue weighted by Crippen LogP contribution is -2.69. The van der Waals surface area contributed by atoms with Gasteiger partial charge in [-0.3, -0.25) is 4.79 Å². The fourth-order valence-electron chi connectivity index (χ4n) is 3.06. The van der Waals surface area contributed by atoms with E-state index in [0.717, 1.165) is 6.42 Å². The van der Waals surface area contributed by atoms with Gasteiger partial charge >= 0.3 is 5.82 Å². The number of ether oxygens (including phenoxy) is 1. The fourth-order valence-corrected chi connectivity index (χ4v) is 3.06. The van der Waals surface area contributed by atoms with Gasteiger partial charge < -0.3 is 25.9 Å². The van der Waals surface area contributed by atoms with Gasteiger partial charge in [-0.25, -0.2) is 4.57 Å². The number of hydrogen-bond donors (Lipinski definition) is 2. The number of nitrogens with zero attached hydrogens (tertiary/aromatic N) is 2. The molecule has 0 spiro atoms.